The number of nitrogens with zero attached hydrogens (tertiary/aromatic N) is 2. The molecule has 0 spiro atoms. The Kier molecular flexibility index (Phi) is 7.11. The second kappa shape index (κ2) is 10.0. The molecule has 1 fully saturated rings. The van der Waals surface area contributed by atoms with Crippen LogP contribution in [0.25, 0.3) is 11.1 Å². The molecule has 6 nitrogen and oxygen atoms in total. The summed E-state index contributed by atoms with van der Waals surface area (Å²) in [6.07, 6.45) is 7.55. The summed E-state index contributed by atoms with van der Waals surface area (Å²) >= 11 is 0. The summed E-state index contributed by atoms with van der Waals surface area (Å²) in [5, 5.41) is 0. The van der Waals surface area contributed by atoms with E-state index in [2.05, 4.69) is 9.97 Å². The Bertz CT molecular complexity index is 1220. The number of hydrogen-bond acceptors (Lipinski definition) is 6. The molecule has 0 radical (unpaired) electrons. The summed E-state index contributed by atoms with van der Waals surface area (Å²) in [5.41, 5.74) is 1.84. The molecule has 9 heteroatoms. The normalized spacial score (nSPS) is 18.5. The zero-order valence-corrected chi connectivity index (χ0v) is 19.8. The van der Waals surface area contributed by atoms with Gasteiger partial charge in [-0.25, -0.2) is 27.2 Å². The fourth-order valence-electron chi connectivity index (χ4n) is 3.90. The van der Waals surface area contributed by atoms with E-state index in [1.165, 1.54) is 36.4 Å². The van der Waals surface area contributed by atoms with E-state index in [1.54, 1.807) is 12.4 Å². The van der Waals surface area contributed by atoms with Gasteiger partial charge in [-0.2, -0.15) is 0 Å². The molecule has 2 aromatic carbocycles. The van der Waals surface area contributed by atoms with Crippen molar-refractivity contribution in [2.45, 2.75) is 56.1 Å². The number of sulfone groups is 1. The summed E-state index contributed by atoms with van der Waals surface area (Å²) < 4.78 is 64.2. The molecule has 0 amide bonds. The van der Waals surface area contributed by atoms with Crippen LogP contribution in [0.5, 0.6) is 11.8 Å². The molecule has 1 saturated carbocycles. The van der Waals surface area contributed by atoms with Crippen LogP contribution in [0, 0.1) is 11.6 Å². The number of halogens is 2. The van der Waals surface area contributed by atoms with Crippen LogP contribution in [0.3, 0.4) is 0 Å². The highest BCUT2D eigenvalue weighted by atomic mass is 32.2. The largest absolute Gasteiger partial charge is 0.484 e. The molecular weight excluding hydrogens is 462 g/mol. The quantitative estimate of drug-likeness (QED) is 0.457. The first kappa shape index (κ1) is 24.1. The van der Waals surface area contributed by atoms with Crippen molar-refractivity contribution in [2.24, 2.45) is 0 Å². The maximum absolute atomic E-state index is 14.7. The highest BCUT2D eigenvalue weighted by Gasteiger charge is 2.26. The standard InChI is InChI=1S/C25H26F2N2O4S/c1-3-16-14-28-25(29-15-16)33-20-8-6-19(7-9-20)32-24-22(26)12-18(13-23(24)27)17-4-10-21(11-5-17)34(2,30)31/h4-5,10-15,19-20H,3,6-9H2,1-2H3. The first-order valence-corrected chi connectivity index (χ1v) is 13.1. The minimum Gasteiger partial charge on any atom is -0.484 e. The van der Waals surface area contributed by atoms with Gasteiger partial charge in [-0.3, -0.25) is 0 Å². The van der Waals surface area contributed by atoms with E-state index < -0.39 is 27.2 Å². The average Bonchev–Trinajstić information content (AvgIpc) is 2.82. The lowest BCUT2D eigenvalue weighted by Crippen LogP contribution is -2.30. The van der Waals surface area contributed by atoms with Crippen molar-refractivity contribution >= 4 is 9.84 Å². The van der Waals surface area contributed by atoms with E-state index in [0.717, 1.165) is 18.2 Å². The number of hydrogen-bond donors (Lipinski definition) is 0. The molecule has 1 aliphatic carbocycles. The fraction of sp³-hybridized carbons (Fsp3) is 0.360. The molecule has 1 heterocycles. The first-order chi connectivity index (χ1) is 16.2. The van der Waals surface area contributed by atoms with Gasteiger partial charge in [0.25, 0.3) is 0 Å². The van der Waals surface area contributed by atoms with Crippen molar-refractivity contribution < 1.29 is 26.7 Å². The summed E-state index contributed by atoms with van der Waals surface area (Å²) in [5.74, 6) is -2.01. The number of benzene rings is 2. The number of rotatable bonds is 7. The molecule has 180 valence electrons. The van der Waals surface area contributed by atoms with Crippen molar-refractivity contribution in [1.82, 2.24) is 9.97 Å². The Balaban J connectivity index is 1.38. The third-order valence-corrected chi connectivity index (χ3v) is 7.01. The summed E-state index contributed by atoms with van der Waals surface area (Å²) in [7, 11) is -3.35. The Hall–Kier alpha value is -3.07. The highest BCUT2D eigenvalue weighted by Crippen LogP contribution is 2.33. The second-order valence-electron chi connectivity index (χ2n) is 8.43. The first-order valence-electron chi connectivity index (χ1n) is 11.2. The van der Waals surface area contributed by atoms with Gasteiger partial charge in [0, 0.05) is 18.6 Å². The van der Waals surface area contributed by atoms with Gasteiger partial charge in [0.2, 0.25) is 0 Å². The third-order valence-electron chi connectivity index (χ3n) is 5.88. The third kappa shape index (κ3) is 5.70. The monoisotopic (exact) mass is 488 g/mol. The number of aromatic nitrogens is 2. The van der Waals surface area contributed by atoms with Crippen molar-refractivity contribution in [2.75, 3.05) is 6.26 Å². The second-order valence-corrected chi connectivity index (χ2v) is 10.4. The van der Waals surface area contributed by atoms with Gasteiger partial charge in [0.1, 0.15) is 6.10 Å². The van der Waals surface area contributed by atoms with E-state index in [0.29, 0.717) is 42.8 Å². The van der Waals surface area contributed by atoms with Gasteiger partial charge in [0.05, 0.1) is 11.0 Å². The summed E-state index contributed by atoms with van der Waals surface area (Å²) in [6.45, 7) is 2.03. The molecule has 0 N–H and O–H groups in total. The Morgan fingerprint density at radius 1 is 0.882 bits per heavy atom. The molecule has 0 bridgehead atoms. The van der Waals surface area contributed by atoms with Gasteiger partial charge in [-0.1, -0.05) is 19.1 Å². The van der Waals surface area contributed by atoms with Crippen molar-refractivity contribution in [3.63, 3.8) is 0 Å². The number of ether oxygens (including phenoxy) is 2. The van der Waals surface area contributed by atoms with E-state index in [1.807, 2.05) is 6.92 Å². The van der Waals surface area contributed by atoms with Crippen LogP contribution < -0.4 is 9.47 Å². The van der Waals surface area contributed by atoms with E-state index >= 15 is 0 Å². The predicted molar refractivity (Wildman–Crippen MR) is 124 cm³/mol. The molecule has 0 saturated heterocycles. The van der Waals surface area contributed by atoms with Crippen molar-refractivity contribution in [3.05, 3.63) is 66.0 Å². The topological polar surface area (TPSA) is 78.4 Å². The van der Waals surface area contributed by atoms with Gasteiger partial charge in [-0.15, -0.1) is 0 Å². The molecule has 1 aromatic heterocycles. The van der Waals surface area contributed by atoms with E-state index in [4.69, 9.17) is 9.47 Å². The highest BCUT2D eigenvalue weighted by molar-refractivity contribution is 7.90. The molecule has 34 heavy (non-hydrogen) atoms. The molecule has 0 atom stereocenters. The molecule has 4 rings (SSSR count). The van der Waals surface area contributed by atoms with Crippen molar-refractivity contribution in [3.8, 4) is 22.9 Å². The fourth-order valence-corrected chi connectivity index (χ4v) is 4.53. The minimum atomic E-state index is -3.35. The van der Waals surface area contributed by atoms with E-state index in [-0.39, 0.29) is 17.1 Å². The zero-order valence-electron chi connectivity index (χ0n) is 19.0. The minimum absolute atomic E-state index is 0.0701. The van der Waals surface area contributed by atoms with Crippen LogP contribution >= 0.6 is 0 Å². The van der Waals surface area contributed by atoms with Crippen LogP contribution in [0.1, 0.15) is 38.2 Å². The van der Waals surface area contributed by atoms with Gasteiger partial charge >= 0.3 is 6.01 Å². The molecule has 3 aromatic rings. The summed E-state index contributed by atoms with van der Waals surface area (Å²) in [6, 6.07) is 8.58. The molecular formula is C25H26F2N2O4S. The lowest BCUT2D eigenvalue weighted by Gasteiger charge is -2.29. The van der Waals surface area contributed by atoms with Crippen LogP contribution in [0.4, 0.5) is 8.78 Å². The molecule has 0 aliphatic heterocycles. The van der Waals surface area contributed by atoms with Gasteiger partial charge in [0.15, 0.2) is 27.2 Å². The lowest BCUT2D eigenvalue weighted by atomic mass is 9.95. The Morgan fingerprint density at radius 3 is 1.91 bits per heavy atom. The summed E-state index contributed by atoms with van der Waals surface area (Å²) in [4.78, 5) is 8.56. The SMILES string of the molecule is CCc1cnc(OC2CCC(Oc3c(F)cc(-c4ccc(S(C)(=O)=O)cc4)cc3F)CC2)nc1. The maximum atomic E-state index is 14.7. The van der Waals surface area contributed by atoms with Crippen LogP contribution in [0.2, 0.25) is 0 Å². The molecule has 0 unspecified atom stereocenters. The van der Waals surface area contributed by atoms with Gasteiger partial charge in [-0.05, 0) is 73.1 Å². The van der Waals surface area contributed by atoms with Crippen LogP contribution in [0.15, 0.2) is 53.7 Å². The van der Waals surface area contributed by atoms with Crippen LogP contribution in [-0.4, -0.2) is 36.8 Å². The maximum Gasteiger partial charge on any atom is 0.316 e. The van der Waals surface area contributed by atoms with Crippen LogP contribution in [-0.2, 0) is 16.3 Å². The average molecular weight is 489 g/mol. The van der Waals surface area contributed by atoms with E-state index in [9.17, 15) is 17.2 Å². The smallest absolute Gasteiger partial charge is 0.316 e. The van der Waals surface area contributed by atoms with Gasteiger partial charge < -0.3 is 9.47 Å². The predicted octanol–water partition coefficient (Wildman–Crippen LogP) is 5.16. The Morgan fingerprint density at radius 2 is 1.41 bits per heavy atom. The zero-order chi connectivity index (χ0) is 24.3. The Labute approximate surface area is 197 Å². The van der Waals surface area contributed by atoms with Crippen molar-refractivity contribution in [1.29, 1.82) is 0 Å². The lowest BCUT2D eigenvalue weighted by molar-refractivity contribution is 0.0705. The molecule has 1 aliphatic rings. The number of aryl methyl sites for hydroxylation is 1.